The minimum atomic E-state index is -4.72. The van der Waals surface area contributed by atoms with Crippen molar-refractivity contribution in [2.75, 3.05) is 24.6 Å². The van der Waals surface area contributed by atoms with Gasteiger partial charge in [-0.25, -0.2) is 4.98 Å². The minimum absolute atomic E-state index is 0.0247. The highest BCUT2D eigenvalue weighted by molar-refractivity contribution is 5.40. The Hall–Kier alpha value is -4.07. The zero-order valence-electron chi connectivity index (χ0n) is 20.1. The molecule has 38 heavy (non-hydrogen) atoms. The highest BCUT2D eigenvalue weighted by Gasteiger charge is 2.31. The molecule has 2 aliphatic rings. The number of nitrogens with one attached hydrogen (secondary N) is 1. The molecular formula is C24H25F3N6O5. The average molecular weight is 534 g/mol. The largest absolute Gasteiger partial charge is 0.573 e. The van der Waals surface area contributed by atoms with E-state index < -0.39 is 11.3 Å². The van der Waals surface area contributed by atoms with Crippen LogP contribution < -0.4 is 24.4 Å². The molecule has 2 aliphatic heterocycles. The normalized spacial score (nSPS) is 18.0. The van der Waals surface area contributed by atoms with E-state index >= 15 is 0 Å². The second-order valence-corrected chi connectivity index (χ2v) is 9.03. The standard InChI is InChI=1S/C24H25F3N6O5/c25-24(26,27)38-20-4-2-18(3-5-20)37-19-7-9-31(10-8-19)21-6-1-16(12-29-21)11-28-17-13-32-14-22(33(34)35)30-23(32)36-15-17/h1-6,12,14,17,19,28H,7-11,13,15H2/t17-/m0/s1. The first-order valence-corrected chi connectivity index (χ1v) is 12.0. The summed E-state index contributed by atoms with van der Waals surface area (Å²) in [7, 11) is 0. The molecule has 5 rings (SSSR count). The van der Waals surface area contributed by atoms with Gasteiger partial charge in [0, 0.05) is 50.2 Å². The van der Waals surface area contributed by atoms with Crippen LogP contribution in [0.2, 0.25) is 0 Å². The third kappa shape index (κ3) is 6.43. The van der Waals surface area contributed by atoms with Crippen LogP contribution in [0.5, 0.6) is 17.5 Å². The monoisotopic (exact) mass is 534 g/mol. The van der Waals surface area contributed by atoms with Gasteiger partial charge < -0.3 is 34.5 Å². The summed E-state index contributed by atoms with van der Waals surface area (Å²) in [6.45, 7) is 2.93. The first-order valence-electron chi connectivity index (χ1n) is 12.0. The lowest BCUT2D eigenvalue weighted by atomic mass is 10.1. The summed E-state index contributed by atoms with van der Waals surface area (Å²) >= 11 is 0. The van der Waals surface area contributed by atoms with Crippen LogP contribution in [0.15, 0.2) is 48.8 Å². The van der Waals surface area contributed by atoms with Crippen LogP contribution in [0.25, 0.3) is 0 Å². The predicted molar refractivity (Wildman–Crippen MR) is 128 cm³/mol. The maximum absolute atomic E-state index is 12.3. The molecule has 0 unspecified atom stereocenters. The van der Waals surface area contributed by atoms with Gasteiger partial charge >= 0.3 is 18.2 Å². The predicted octanol–water partition coefficient (Wildman–Crippen LogP) is 3.68. The maximum atomic E-state index is 12.3. The zero-order valence-corrected chi connectivity index (χ0v) is 20.1. The van der Waals surface area contributed by atoms with Gasteiger partial charge in [0.05, 0.1) is 6.04 Å². The van der Waals surface area contributed by atoms with E-state index in [4.69, 9.17) is 9.47 Å². The van der Waals surface area contributed by atoms with Gasteiger partial charge in [-0.05, 0) is 40.8 Å². The van der Waals surface area contributed by atoms with Crippen LogP contribution in [0.3, 0.4) is 0 Å². The summed E-state index contributed by atoms with van der Waals surface area (Å²) in [5.74, 6) is 0.843. The number of pyridine rings is 1. The number of benzene rings is 1. The van der Waals surface area contributed by atoms with Gasteiger partial charge in [-0.3, -0.25) is 4.57 Å². The molecule has 0 aliphatic carbocycles. The maximum Gasteiger partial charge on any atom is 0.573 e. The van der Waals surface area contributed by atoms with Gasteiger partial charge in [-0.2, -0.15) is 0 Å². The van der Waals surface area contributed by atoms with Gasteiger partial charge in [0.1, 0.15) is 36.2 Å². The Morgan fingerprint density at radius 1 is 1.13 bits per heavy atom. The molecule has 1 N–H and O–H groups in total. The lowest BCUT2D eigenvalue weighted by Crippen LogP contribution is -2.41. The highest BCUT2D eigenvalue weighted by atomic mass is 19.4. The zero-order chi connectivity index (χ0) is 26.7. The lowest BCUT2D eigenvalue weighted by molar-refractivity contribution is -0.389. The van der Waals surface area contributed by atoms with Crippen molar-refractivity contribution in [2.24, 2.45) is 0 Å². The molecule has 11 nitrogen and oxygen atoms in total. The number of hydrogen-bond acceptors (Lipinski definition) is 9. The molecule has 202 valence electrons. The molecule has 4 heterocycles. The van der Waals surface area contributed by atoms with Crippen molar-refractivity contribution in [3.8, 4) is 17.5 Å². The second kappa shape index (κ2) is 10.7. The highest BCUT2D eigenvalue weighted by Crippen LogP contribution is 2.27. The van der Waals surface area contributed by atoms with Crippen molar-refractivity contribution >= 4 is 11.6 Å². The van der Waals surface area contributed by atoms with E-state index in [1.54, 1.807) is 4.57 Å². The molecule has 14 heteroatoms. The number of nitrogens with zero attached hydrogens (tertiary/aromatic N) is 5. The number of piperidine rings is 1. The first kappa shape index (κ1) is 25.6. The number of ether oxygens (including phenoxy) is 3. The van der Waals surface area contributed by atoms with Crippen molar-refractivity contribution in [3.05, 3.63) is 64.5 Å². The van der Waals surface area contributed by atoms with Gasteiger partial charge in [0.15, 0.2) is 0 Å². The number of fused-ring (bicyclic) bond motifs is 1. The third-order valence-electron chi connectivity index (χ3n) is 6.27. The van der Waals surface area contributed by atoms with Crippen LogP contribution in [0.4, 0.5) is 24.8 Å². The molecular weight excluding hydrogens is 509 g/mol. The Kier molecular flexibility index (Phi) is 7.22. The Bertz CT molecular complexity index is 1240. The van der Waals surface area contributed by atoms with Crippen molar-refractivity contribution in [1.82, 2.24) is 19.9 Å². The molecule has 1 atom stereocenters. The molecule has 0 saturated carbocycles. The minimum Gasteiger partial charge on any atom is -0.490 e. The van der Waals surface area contributed by atoms with E-state index in [9.17, 15) is 23.3 Å². The fourth-order valence-corrected chi connectivity index (χ4v) is 4.39. The number of halogens is 3. The molecule has 0 spiro atoms. The van der Waals surface area contributed by atoms with E-state index in [1.807, 2.05) is 18.3 Å². The summed E-state index contributed by atoms with van der Waals surface area (Å²) in [6, 6.07) is 9.61. The number of aromatic nitrogens is 3. The Morgan fingerprint density at radius 2 is 1.87 bits per heavy atom. The van der Waals surface area contributed by atoms with Crippen molar-refractivity contribution < 1.29 is 32.3 Å². The number of alkyl halides is 3. The molecule has 1 aromatic carbocycles. The van der Waals surface area contributed by atoms with Gasteiger partial charge in [0.2, 0.25) is 0 Å². The summed E-state index contributed by atoms with van der Waals surface area (Å²) in [4.78, 5) is 21.0. The quantitative estimate of drug-likeness (QED) is 0.341. The van der Waals surface area contributed by atoms with Gasteiger partial charge in [-0.15, -0.1) is 13.2 Å². The van der Waals surface area contributed by atoms with Crippen molar-refractivity contribution in [1.29, 1.82) is 0 Å². The van der Waals surface area contributed by atoms with E-state index in [0.717, 1.165) is 37.3 Å². The fraction of sp³-hybridized carbons (Fsp3) is 0.417. The average Bonchev–Trinajstić information content (AvgIpc) is 3.33. The second-order valence-electron chi connectivity index (χ2n) is 9.03. The number of rotatable bonds is 8. The molecule has 1 fully saturated rings. The summed E-state index contributed by atoms with van der Waals surface area (Å²) < 4.78 is 53.9. The lowest BCUT2D eigenvalue weighted by Gasteiger charge is -2.33. The van der Waals surface area contributed by atoms with E-state index in [1.165, 1.54) is 30.5 Å². The summed E-state index contributed by atoms with van der Waals surface area (Å²) in [5, 5.41) is 14.3. The van der Waals surface area contributed by atoms with Crippen molar-refractivity contribution in [2.45, 2.75) is 44.4 Å². The molecule has 0 bridgehead atoms. The van der Waals surface area contributed by atoms with Gasteiger partial charge in [-0.1, -0.05) is 6.07 Å². The van der Waals surface area contributed by atoms with Crippen LogP contribution in [-0.2, 0) is 13.1 Å². The van der Waals surface area contributed by atoms with E-state index in [-0.39, 0.29) is 29.7 Å². The summed E-state index contributed by atoms with van der Waals surface area (Å²) in [5.41, 5.74) is 0.993. The topological polar surface area (TPSA) is 117 Å². The van der Waals surface area contributed by atoms with Crippen LogP contribution >= 0.6 is 0 Å². The third-order valence-corrected chi connectivity index (χ3v) is 6.27. The Labute approximate surface area is 215 Å². The van der Waals surface area contributed by atoms with E-state index in [2.05, 4.69) is 24.9 Å². The Morgan fingerprint density at radius 3 is 2.53 bits per heavy atom. The SMILES string of the molecule is O=[N+]([O-])c1cn2c(n1)OC[C@@H](NCc1ccc(N3CCC(Oc4ccc(OC(F)(F)F)cc4)CC3)nc1)C2. The number of nitro groups is 1. The first-order chi connectivity index (χ1) is 18.2. The number of imidazole rings is 1. The molecule has 0 amide bonds. The molecule has 3 aromatic rings. The molecule has 1 saturated heterocycles. The van der Waals surface area contributed by atoms with Gasteiger partial charge in [0.25, 0.3) is 0 Å². The molecule has 2 aromatic heterocycles. The molecule has 0 radical (unpaired) electrons. The van der Waals surface area contributed by atoms with Crippen molar-refractivity contribution in [3.63, 3.8) is 0 Å². The van der Waals surface area contributed by atoms with Crippen LogP contribution in [0.1, 0.15) is 18.4 Å². The Balaban J connectivity index is 1.06. The number of anilines is 1. The smallest absolute Gasteiger partial charge is 0.490 e. The van der Waals surface area contributed by atoms with Crippen LogP contribution in [-0.4, -0.2) is 57.7 Å². The fourth-order valence-electron chi connectivity index (χ4n) is 4.39. The van der Waals surface area contributed by atoms with Crippen LogP contribution in [0, 0.1) is 10.1 Å². The van der Waals surface area contributed by atoms with E-state index in [0.29, 0.717) is 25.4 Å². The summed E-state index contributed by atoms with van der Waals surface area (Å²) in [6.07, 6.45) is -0.0758. The number of hydrogen-bond donors (Lipinski definition) is 1.